The van der Waals surface area contributed by atoms with Gasteiger partial charge >= 0.3 is 0 Å². The number of phenolic OH excluding ortho intramolecular Hbond substituents is 1. The number of hydrogen-bond acceptors (Lipinski definition) is 6. The van der Waals surface area contributed by atoms with Crippen molar-refractivity contribution in [3.63, 3.8) is 0 Å². The van der Waals surface area contributed by atoms with Gasteiger partial charge in [0.1, 0.15) is 6.10 Å². The molecule has 7 nitrogen and oxygen atoms in total. The molecule has 1 amide bonds. The molecule has 0 radical (unpaired) electrons. The number of rotatable bonds is 5. The van der Waals surface area contributed by atoms with Crippen molar-refractivity contribution >= 4 is 12.0 Å². The topological polar surface area (TPSA) is 86.4 Å². The number of furan rings is 1. The number of ether oxygens (including phenoxy) is 1. The van der Waals surface area contributed by atoms with Crippen molar-refractivity contribution in [1.82, 2.24) is 9.80 Å². The van der Waals surface area contributed by atoms with Crippen LogP contribution in [0.4, 0.5) is 0 Å². The molecule has 3 fully saturated rings. The third-order valence-electron chi connectivity index (χ3n) is 9.54. The number of aromatic hydroxyl groups is 1. The average Bonchev–Trinajstić information content (AvgIpc) is 3.36. The summed E-state index contributed by atoms with van der Waals surface area (Å²) in [6.45, 7) is 1.96. The Morgan fingerprint density at radius 2 is 2.11 bits per heavy atom. The van der Waals surface area contributed by atoms with E-state index in [4.69, 9.17) is 9.15 Å². The molecule has 7 heteroatoms. The number of likely N-dealkylation sites (tertiary alicyclic amines) is 1. The van der Waals surface area contributed by atoms with Crippen molar-refractivity contribution in [1.29, 1.82) is 0 Å². The molecule has 1 aromatic carbocycles. The predicted molar refractivity (Wildman–Crippen MR) is 129 cm³/mol. The van der Waals surface area contributed by atoms with Crippen LogP contribution in [0.1, 0.15) is 48.8 Å². The van der Waals surface area contributed by atoms with Crippen LogP contribution in [0.25, 0.3) is 6.08 Å². The third kappa shape index (κ3) is 2.88. The zero-order chi connectivity index (χ0) is 23.9. The van der Waals surface area contributed by atoms with Crippen molar-refractivity contribution in [2.45, 2.75) is 67.7 Å². The Morgan fingerprint density at radius 1 is 1.26 bits per heavy atom. The number of carbonyl (C=O) groups excluding carboxylic acids is 1. The summed E-state index contributed by atoms with van der Waals surface area (Å²) in [7, 11) is 1.82. The number of piperidine rings is 1. The van der Waals surface area contributed by atoms with Gasteiger partial charge < -0.3 is 24.3 Å². The Kier molecular flexibility index (Phi) is 4.53. The molecule has 2 aliphatic heterocycles. The number of likely N-dealkylation sites (N-methyl/N-ethyl adjacent to an activating group) is 1. The number of amides is 1. The summed E-state index contributed by atoms with van der Waals surface area (Å²) in [5, 5.41) is 23.3. The van der Waals surface area contributed by atoms with E-state index in [1.807, 2.05) is 19.2 Å². The largest absolute Gasteiger partial charge is 0.504 e. The van der Waals surface area contributed by atoms with E-state index in [1.165, 1.54) is 18.4 Å². The quantitative estimate of drug-likeness (QED) is 0.645. The van der Waals surface area contributed by atoms with Gasteiger partial charge in [-0.2, -0.15) is 0 Å². The molecular formula is C28H32N2O5. The lowest BCUT2D eigenvalue weighted by atomic mass is 9.48. The summed E-state index contributed by atoms with van der Waals surface area (Å²) in [6, 6.07) is 5.38. The Hall–Kier alpha value is -2.77. The highest BCUT2D eigenvalue weighted by molar-refractivity contribution is 5.91. The first-order valence-electron chi connectivity index (χ1n) is 12.9. The maximum atomic E-state index is 13.2. The standard InChI is InChI=1S/C28H32N2O5/c1-29(23(32)7-4-18-9-13-34-16-18)20-8-10-28(33)22-14-19-5-6-21(31)25-24(19)27(28,26(20)35-25)11-12-30(22)15-17-2-3-17/h4-7,9,13,16-17,20,22,26,31,33H,2-3,8,10-12,14-15H2,1H3/b7-4+/t20-,22-,26?,27+,28-/m1/s1. The van der Waals surface area contributed by atoms with E-state index >= 15 is 0 Å². The van der Waals surface area contributed by atoms with Crippen LogP contribution in [0.3, 0.4) is 0 Å². The smallest absolute Gasteiger partial charge is 0.246 e. The fourth-order valence-corrected chi connectivity index (χ4v) is 7.67. The van der Waals surface area contributed by atoms with Crippen molar-refractivity contribution in [2.24, 2.45) is 5.92 Å². The highest BCUT2D eigenvalue weighted by Gasteiger charge is 2.73. The van der Waals surface area contributed by atoms with Crippen molar-refractivity contribution in [3.8, 4) is 11.5 Å². The summed E-state index contributed by atoms with van der Waals surface area (Å²) >= 11 is 0. The fraction of sp³-hybridized carbons (Fsp3) is 0.536. The van der Waals surface area contributed by atoms with Crippen molar-refractivity contribution in [3.05, 3.63) is 53.5 Å². The van der Waals surface area contributed by atoms with Gasteiger partial charge in [0.2, 0.25) is 5.91 Å². The minimum atomic E-state index is -0.941. The van der Waals surface area contributed by atoms with Gasteiger partial charge in [-0.15, -0.1) is 0 Å². The van der Waals surface area contributed by atoms with E-state index in [-0.39, 0.29) is 23.7 Å². The lowest BCUT2D eigenvalue weighted by Crippen LogP contribution is -2.78. The average molecular weight is 477 g/mol. The van der Waals surface area contributed by atoms with E-state index in [2.05, 4.69) is 4.90 Å². The molecule has 1 saturated heterocycles. The van der Waals surface area contributed by atoms with Crippen molar-refractivity contribution in [2.75, 3.05) is 20.1 Å². The molecule has 3 heterocycles. The molecule has 3 aliphatic carbocycles. The van der Waals surface area contributed by atoms with Gasteiger partial charge in [0.15, 0.2) is 11.5 Å². The Bertz CT molecular complexity index is 1200. The normalized spacial score (nSPS) is 35.1. The van der Waals surface area contributed by atoms with Crippen LogP contribution in [0, 0.1) is 5.92 Å². The van der Waals surface area contributed by atoms with Crippen LogP contribution in [0.5, 0.6) is 11.5 Å². The second-order valence-corrected chi connectivity index (χ2v) is 11.2. The monoisotopic (exact) mass is 476 g/mol. The van der Waals surface area contributed by atoms with Crippen LogP contribution in [0.2, 0.25) is 0 Å². The van der Waals surface area contributed by atoms with Gasteiger partial charge in [-0.25, -0.2) is 0 Å². The van der Waals surface area contributed by atoms with Crippen LogP contribution >= 0.6 is 0 Å². The van der Waals surface area contributed by atoms with Gasteiger partial charge in [0.05, 0.1) is 29.6 Å². The Morgan fingerprint density at radius 3 is 2.89 bits per heavy atom. The van der Waals surface area contributed by atoms with E-state index in [9.17, 15) is 15.0 Å². The van der Waals surface area contributed by atoms with E-state index in [0.29, 0.717) is 18.6 Å². The Balaban J connectivity index is 1.28. The number of aliphatic hydroxyl groups is 1. The van der Waals surface area contributed by atoms with Gasteiger partial charge in [-0.3, -0.25) is 9.69 Å². The molecule has 5 atom stereocenters. The first kappa shape index (κ1) is 21.5. The molecule has 184 valence electrons. The number of benzene rings is 1. The number of carbonyl (C=O) groups is 1. The van der Waals surface area contributed by atoms with Crippen LogP contribution in [-0.4, -0.2) is 69.8 Å². The molecule has 2 saturated carbocycles. The Labute approximate surface area is 205 Å². The first-order valence-corrected chi connectivity index (χ1v) is 12.9. The van der Waals surface area contributed by atoms with Gasteiger partial charge in [-0.05, 0) is 74.8 Å². The molecule has 2 N–H and O–H groups in total. The van der Waals surface area contributed by atoms with Gasteiger partial charge in [0, 0.05) is 36.8 Å². The summed E-state index contributed by atoms with van der Waals surface area (Å²) in [5.41, 5.74) is 1.44. The van der Waals surface area contributed by atoms with Crippen molar-refractivity contribution < 1.29 is 24.2 Å². The maximum Gasteiger partial charge on any atom is 0.246 e. The molecule has 1 aromatic heterocycles. The van der Waals surface area contributed by atoms with E-state index in [1.54, 1.807) is 35.6 Å². The fourth-order valence-electron chi connectivity index (χ4n) is 7.67. The van der Waals surface area contributed by atoms with Crippen LogP contribution in [-0.2, 0) is 16.6 Å². The zero-order valence-corrected chi connectivity index (χ0v) is 20.0. The molecular weight excluding hydrogens is 444 g/mol. The second kappa shape index (κ2) is 7.37. The number of phenols is 1. The first-order chi connectivity index (χ1) is 16.9. The third-order valence-corrected chi connectivity index (χ3v) is 9.54. The van der Waals surface area contributed by atoms with E-state index in [0.717, 1.165) is 43.0 Å². The highest BCUT2D eigenvalue weighted by Crippen LogP contribution is 2.66. The summed E-state index contributed by atoms with van der Waals surface area (Å²) < 4.78 is 11.7. The number of hydrogen-bond donors (Lipinski definition) is 2. The molecule has 1 unspecified atom stereocenters. The summed E-state index contributed by atoms with van der Waals surface area (Å²) in [6.07, 6.45) is 11.5. The summed E-state index contributed by atoms with van der Waals surface area (Å²) in [5.74, 6) is 1.28. The van der Waals surface area contributed by atoms with Crippen LogP contribution in [0.15, 0.2) is 41.2 Å². The molecule has 35 heavy (non-hydrogen) atoms. The summed E-state index contributed by atoms with van der Waals surface area (Å²) in [4.78, 5) is 17.5. The molecule has 5 aliphatic rings. The highest BCUT2D eigenvalue weighted by atomic mass is 16.5. The molecule has 2 bridgehead atoms. The lowest BCUT2D eigenvalue weighted by Gasteiger charge is -2.64. The van der Waals surface area contributed by atoms with Gasteiger partial charge in [-0.1, -0.05) is 6.07 Å². The molecule has 2 aromatic rings. The van der Waals surface area contributed by atoms with E-state index < -0.39 is 17.1 Å². The predicted octanol–water partition coefficient (Wildman–Crippen LogP) is 3.09. The minimum absolute atomic E-state index is 0.0360. The van der Waals surface area contributed by atoms with Crippen LogP contribution < -0.4 is 4.74 Å². The second-order valence-electron chi connectivity index (χ2n) is 11.2. The minimum Gasteiger partial charge on any atom is -0.504 e. The zero-order valence-electron chi connectivity index (χ0n) is 20.0. The molecule has 7 rings (SSSR count). The lowest BCUT2D eigenvalue weighted by molar-refractivity contribution is -0.200. The SMILES string of the molecule is CN(C(=O)/C=C/c1ccoc1)[C@@H]1CC[C@@]2(O)[C@H]3Cc4ccc(O)c5c4[C@@]2(CCN3CC2CC2)C1O5. The van der Waals surface area contributed by atoms with Gasteiger partial charge in [0.25, 0.3) is 0 Å². The number of nitrogens with zero attached hydrogens (tertiary/aromatic N) is 2. The molecule has 1 spiro atoms. The maximum absolute atomic E-state index is 13.2.